The molecule has 1 N–H and O–H groups in total. The van der Waals surface area contributed by atoms with Crippen LogP contribution in [-0.2, 0) is 0 Å². The van der Waals surface area contributed by atoms with Crippen molar-refractivity contribution in [1.82, 2.24) is 14.9 Å². The van der Waals surface area contributed by atoms with Gasteiger partial charge in [-0.05, 0) is 39.8 Å². The van der Waals surface area contributed by atoms with E-state index >= 15 is 0 Å². The summed E-state index contributed by atoms with van der Waals surface area (Å²) in [5.74, 6) is 0.891. The van der Waals surface area contributed by atoms with Crippen LogP contribution in [0.15, 0.2) is 6.20 Å². The Kier molecular flexibility index (Phi) is 3.72. The van der Waals surface area contributed by atoms with E-state index in [-0.39, 0.29) is 0 Å². The third kappa shape index (κ3) is 2.92. The third-order valence-corrected chi connectivity index (χ3v) is 3.13. The van der Waals surface area contributed by atoms with Crippen molar-refractivity contribution in [2.75, 3.05) is 31.5 Å². The van der Waals surface area contributed by atoms with E-state index < -0.39 is 0 Å². The summed E-state index contributed by atoms with van der Waals surface area (Å²) >= 11 is 0. The molecule has 1 aliphatic rings. The van der Waals surface area contributed by atoms with Crippen LogP contribution in [0.4, 0.5) is 5.82 Å². The molecule has 1 aromatic heterocycles. The Hall–Kier alpha value is -1.16. The lowest BCUT2D eigenvalue weighted by Gasteiger charge is -2.15. The zero-order valence-corrected chi connectivity index (χ0v) is 10.2. The van der Waals surface area contributed by atoms with Gasteiger partial charge in [0.25, 0.3) is 0 Å². The fourth-order valence-corrected chi connectivity index (χ4v) is 1.98. The molecule has 0 aliphatic carbocycles. The summed E-state index contributed by atoms with van der Waals surface area (Å²) in [6.07, 6.45) is 4.51. The molecule has 1 aliphatic heterocycles. The average molecular weight is 220 g/mol. The average Bonchev–Trinajstić information content (AvgIpc) is 2.76. The van der Waals surface area contributed by atoms with Gasteiger partial charge >= 0.3 is 0 Å². The Morgan fingerprint density at radius 1 is 1.25 bits per heavy atom. The number of nitrogens with zero attached hydrogens (tertiary/aromatic N) is 3. The minimum Gasteiger partial charge on any atom is -0.368 e. The first-order chi connectivity index (χ1) is 7.75. The number of hydrogen-bond acceptors (Lipinski definition) is 4. The molecule has 0 amide bonds. The van der Waals surface area contributed by atoms with Crippen molar-refractivity contribution in [1.29, 1.82) is 0 Å². The van der Waals surface area contributed by atoms with Crippen LogP contribution in [0, 0.1) is 13.8 Å². The van der Waals surface area contributed by atoms with Gasteiger partial charge in [-0.3, -0.25) is 4.98 Å². The summed E-state index contributed by atoms with van der Waals surface area (Å²) in [4.78, 5) is 11.2. The summed E-state index contributed by atoms with van der Waals surface area (Å²) < 4.78 is 0. The Morgan fingerprint density at radius 3 is 2.69 bits per heavy atom. The van der Waals surface area contributed by atoms with Crippen LogP contribution in [0.5, 0.6) is 0 Å². The van der Waals surface area contributed by atoms with E-state index in [4.69, 9.17) is 0 Å². The van der Waals surface area contributed by atoms with Gasteiger partial charge in [0.15, 0.2) is 0 Å². The van der Waals surface area contributed by atoms with Crippen molar-refractivity contribution < 1.29 is 0 Å². The molecule has 16 heavy (non-hydrogen) atoms. The maximum atomic E-state index is 4.44. The van der Waals surface area contributed by atoms with Crippen LogP contribution in [-0.4, -0.2) is 41.0 Å². The standard InChI is InChI=1S/C12H20N4/c1-10-11(2)15-12(9-14-10)13-5-8-16-6-3-4-7-16/h9H,3-8H2,1-2H3,(H,13,15). The van der Waals surface area contributed by atoms with Crippen LogP contribution in [0.25, 0.3) is 0 Å². The SMILES string of the molecule is Cc1ncc(NCCN2CCCC2)nc1C. The third-order valence-electron chi connectivity index (χ3n) is 3.13. The van der Waals surface area contributed by atoms with Crippen molar-refractivity contribution in [3.05, 3.63) is 17.6 Å². The highest BCUT2D eigenvalue weighted by atomic mass is 15.2. The van der Waals surface area contributed by atoms with Crippen LogP contribution in [0.2, 0.25) is 0 Å². The minimum absolute atomic E-state index is 0.891. The van der Waals surface area contributed by atoms with Crippen LogP contribution < -0.4 is 5.32 Å². The maximum Gasteiger partial charge on any atom is 0.144 e. The second-order valence-corrected chi connectivity index (χ2v) is 4.40. The molecule has 0 aromatic carbocycles. The van der Waals surface area contributed by atoms with E-state index in [0.717, 1.165) is 30.3 Å². The van der Waals surface area contributed by atoms with Gasteiger partial charge < -0.3 is 10.2 Å². The van der Waals surface area contributed by atoms with Crippen molar-refractivity contribution in [3.8, 4) is 0 Å². The first kappa shape index (κ1) is 11.3. The van der Waals surface area contributed by atoms with Gasteiger partial charge in [-0.1, -0.05) is 0 Å². The number of anilines is 1. The molecule has 2 rings (SSSR count). The predicted octanol–water partition coefficient (Wildman–Crippen LogP) is 1.60. The van der Waals surface area contributed by atoms with Crippen LogP contribution in [0.1, 0.15) is 24.2 Å². The summed E-state index contributed by atoms with van der Waals surface area (Å²) in [6, 6.07) is 0. The van der Waals surface area contributed by atoms with Gasteiger partial charge in [0, 0.05) is 13.1 Å². The molecular formula is C12H20N4. The summed E-state index contributed by atoms with van der Waals surface area (Å²) in [5, 5.41) is 3.32. The Labute approximate surface area is 97.1 Å². The first-order valence-corrected chi connectivity index (χ1v) is 6.02. The van der Waals surface area contributed by atoms with E-state index in [1.165, 1.54) is 25.9 Å². The highest BCUT2D eigenvalue weighted by molar-refractivity contribution is 5.33. The topological polar surface area (TPSA) is 41.1 Å². The number of hydrogen-bond donors (Lipinski definition) is 1. The molecule has 2 heterocycles. The molecular weight excluding hydrogens is 200 g/mol. The second-order valence-electron chi connectivity index (χ2n) is 4.40. The number of rotatable bonds is 4. The lowest BCUT2D eigenvalue weighted by atomic mass is 10.3. The summed E-state index contributed by atoms with van der Waals surface area (Å²) in [7, 11) is 0. The van der Waals surface area contributed by atoms with Gasteiger partial charge in [-0.2, -0.15) is 0 Å². The van der Waals surface area contributed by atoms with E-state index in [0.29, 0.717) is 0 Å². The molecule has 4 heteroatoms. The predicted molar refractivity (Wildman–Crippen MR) is 65.7 cm³/mol. The quantitative estimate of drug-likeness (QED) is 0.837. The van der Waals surface area contributed by atoms with Crippen molar-refractivity contribution in [2.45, 2.75) is 26.7 Å². The number of aromatic nitrogens is 2. The van der Waals surface area contributed by atoms with Crippen molar-refractivity contribution in [3.63, 3.8) is 0 Å². The normalized spacial score (nSPS) is 16.6. The maximum absolute atomic E-state index is 4.44. The Bertz CT molecular complexity index is 345. The van der Waals surface area contributed by atoms with Gasteiger partial charge in [0.05, 0.1) is 17.6 Å². The lowest BCUT2D eigenvalue weighted by Crippen LogP contribution is -2.26. The molecule has 0 saturated carbocycles. The van der Waals surface area contributed by atoms with Crippen molar-refractivity contribution in [2.24, 2.45) is 0 Å². The monoisotopic (exact) mass is 220 g/mol. The molecule has 88 valence electrons. The smallest absolute Gasteiger partial charge is 0.144 e. The van der Waals surface area contributed by atoms with Gasteiger partial charge in [0.2, 0.25) is 0 Å². The zero-order chi connectivity index (χ0) is 11.4. The van der Waals surface area contributed by atoms with E-state index in [2.05, 4.69) is 20.2 Å². The lowest BCUT2D eigenvalue weighted by molar-refractivity contribution is 0.352. The number of likely N-dealkylation sites (tertiary alicyclic amines) is 1. The van der Waals surface area contributed by atoms with Gasteiger partial charge in [0.1, 0.15) is 5.82 Å². The molecule has 1 fully saturated rings. The highest BCUT2D eigenvalue weighted by Gasteiger charge is 2.10. The largest absolute Gasteiger partial charge is 0.368 e. The first-order valence-electron chi connectivity index (χ1n) is 6.02. The number of aryl methyl sites for hydroxylation is 2. The molecule has 1 aromatic rings. The van der Waals surface area contributed by atoms with Crippen molar-refractivity contribution >= 4 is 5.82 Å². The fourth-order valence-electron chi connectivity index (χ4n) is 1.98. The molecule has 4 nitrogen and oxygen atoms in total. The molecule has 1 saturated heterocycles. The Morgan fingerprint density at radius 2 is 2.00 bits per heavy atom. The van der Waals surface area contributed by atoms with E-state index in [1.54, 1.807) is 0 Å². The molecule has 0 unspecified atom stereocenters. The molecule has 0 radical (unpaired) electrons. The Balaban J connectivity index is 1.78. The fraction of sp³-hybridized carbons (Fsp3) is 0.667. The van der Waals surface area contributed by atoms with Gasteiger partial charge in [-0.25, -0.2) is 4.98 Å². The van der Waals surface area contributed by atoms with Gasteiger partial charge in [-0.15, -0.1) is 0 Å². The molecule has 0 atom stereocenters. The van der Waals surface area contributed by atoms with Crippen LogP contribution in [0.3, 0.4) is 0 Å². The molecule has 0 spiro atoms. The second kappa shape index (κ2) is 5.25. The van der Waals surface area contributed by atoms with E-state index in [9.17, 15) is 0 Å². The number of nitrogens with one attached hydrogen (secondary N) is 1. The summed E-state index contributed by atoms with van der Waals surface area (Å²) in [5.41, 5.74) is 2.01. The minimum atomic E-state index is 0.891. The highest BCUT2D eigenvalue weighted by Crippen LogP contribution is 2.08. The van der Waals surface area contributed by atoms with Crippen LogP contribution >= 0.6 is 0 Å². The summed E-state index contributed by atoms with van der Waals surface area (Å²) in [6.45, 7) is 8.54. The molecule has 0 bridgehead atoms. The zero-order valence-electron chi connectivity index (χ0n) is 10.2. The van der Waals surface area contributed by atoms with E-state index in [1.807, 2.05) is 20.0 Å².